The van der Waals surface area contributed by atoms with E-state index >= 15 is 0 Å². The van der Waals surface area contributed by atoms with Crippen LogP contribution in [0.1, 0.15) is 96.8 Å². The Labute approximate surface area is 160 Å². The molecule has 0 unspecified atom stereocenters. The fourth-order valence-corrected chi connectivity index (χ4v) is 7.15. The Bertz CT molecular complexity index is 256. The molecule has 0 rings (SSSR count). The molecule has 6 heteroatoms. The second-order valence-corrected chi connectivity index (χ2v) is 11.4. The summed E-state index contributed by atoms with van der Waals surface area (Å²) in [6.07, 6.45) is 19.6. The van der Waals surface area contributed by atoms with Crippen molar-refractivity contribution in [3.05, 3.63) is 0 Å². The molecule has 25 heavy (non-hydrogen) atoms. The first-order chi connectivity index (χ1) is 12.2. The molecule has 0 aromatic heterocycles. The molecule has 0 heterocycles. The van der Waals surface area contributed by atoms with Crippen LogP contribution in [0.4, 0.5) is 0 Å². The van der Waals surface area contributed by atoms with Crippen LogP contribution in [0, 0.1) is 0 Å². The zero-order chi connectivity index (χ0) is 18.6. The van der Waals surface area contributed by atoms with E-state index < -0.39 is 18.8 Å². The van der Waals surface area contributed by atoms with Gasteiger partial charge >= 0.3 is 9.05 Å². The van der Waals surface area contributed by atoms with Crippen molar-refractivity contribution in [3.8, 4) is 0 Å². The van der Waals surface area contributed by atoms with Crippen molar-refractivity contribution in [2.24, 2.45) is 0 Å². The monoisotopic (exact) mass is 392 g/mol. The average molecular weight is 393 g/mol. The zero-order valence-electron chi connectivity index (χ0n) is 17.4. The molecule has 0 atom stereocenters. The molecule has 0 N–H and O–H groups in total. The van der Waals surface area contributed by atoms with Gasteiger partial charge in [-0.15, -0.1) is 0 Å². The van der Waals surface area contributed by atoms with Crippen LogP contribution in [0.5, 0.6) is 0 Å². The van der Waals surface area contributed by atoms with Gasteiger partial charge < -0.3 is 17.4 Å². The van der Waals surface area contributed by atoms with Crippen LogP contribution in [0.15, 0.2) is 0 Å². The van der Waals surface area contributed by atoms with Crippen LogP contribution in [0.3, 0.4) is 0 Å². The number of rotatable bonds is 20. The van der Waals surface area contributed by atoms with Crippen molar-refractivity contribution in [2.75, 3.05) is 21.3 Å². The van der Waals surface area contributed by atoms with E-state index in [0.29, 0.717) is 0 Å². The van der Waals surface area contributed by atoms with E-state index in [2.05, 4.69) is 6.92 Å². The predicted octanol–water partition coefficient (Wildman–Crippen LogP) is 5.36. The maximum absolute atomic E-state index is 5.80. The average Bonchev–Trinajstić information content (AvgIpc) is 2.65. The number of hydrogen-bond donors (Lipinski definition) is 0. The Morgan fingerprint density at radius 1 is 0.560 bits per heavy atom. The minimum Gasteiger partial charge on any atom is -0.400 e. The molecule has 0 aliphatic carbocycles. The van der Waals surface area contributed by atoms with Gasteiger partial charge in [0.2, 0.25) is 0 Å². The lowest BCUT2D eigenvalue weighted by Crippen LogP contribution is -2.47. The van der Waals surface area contributed by atoms with E-state index in [1.54, 1.807) is 21.3 Å². The van der Waals surface area contributed by atoms with E-state index in [9.17, 15) is 0 Å². The van der Waals surface area contributed by atoms with Gasteiger partial charge in [-0.3, -0.25) is 0 Å². The summed E-state index contributed by atoms with van der Waals surface area (Å²) in [5.74, 6) is 0. The van der Waals surface area contributed by atoms with E-state index in [1.165, 1.54) is 95.9 Å². The van der Waals surface area contributed by atoms with E-state index in [1.807, 2.05) is 0 Å². The van der Waals surface area contributed by atoms with Crippen molar-refractivity contribution in [1.29, 1.82) is 0 Å². The second-order valence-electron chi connectivity index (χ2n) is 6.91. The van der Waals surface area contributed by atoms with Gasteiger partial charge in [0.1, 0.15) is 0 Å². The lowest BCUT2D eigenvalue weighted by molar-refractivity contribution is 0.0523. The highest BCUT2D eigenvalue weighted by Crippen LogP contribution is 2.14. The van der Waals surface area contributed by atoms with E-state index in [4.69, 9.17) is 17.4 Å². The first kappa shape index (κ1) is 25.3. The first-order valence-corrected chi connectivity index (χ1v) is 13.7. The molecule has 0 saturated heterocycles. The fourth-order valence-electron chi connectivity index (χ4n) is 3.10. The molecule has 0 radical (unpaired) electrons. The van der Waals surface area contributed by atoms with E-state index in [-0.39, 0.29) is 0 Å². The molecule has 0 aliphatic heterocycles. The third kappa shape index (κ3) is 15.1. The van der Waals surface area contributed by atoms with Crippen molar-refractivity contribution in [2.45, 2.75) is 103 Å². The largest absolute Gasteiger partial charge is 0.667 e. The summed E-state index contributed by atoms with van der Waals surface area (Å²) in [6.45, 7) is 2.28. The zero-order valence-corrected chi connectivity index (χ0v) is 19.9. The molecule has 0 fully saturated rings. The third-order valence-electron chi connectivity index (χ3n) is 4.78. The highest BCUT2D eigenvalue weighted by molar-refractivity contribution is 6.60. The summed E-state index contributed by atoms with van der Waals surface area (Å²) in [6, 6.07) is 1.18. The van der Waals surface area contributed by atoms with Crippen molar-refractivity contribution in [1.82, 2.24) is 0 Å². The normalized spacial score (nSPS) is 12.5. The molecule has 0 saturated carbocycles. The van der Waals surface area contributed by atoms with Crippen molar-refractivity contribution < 1.29 is 17.4 Å². The summed E-state index contributed by atoms with van der Waals surface area (Å²) < 4.78 is 21.6. The van der Waals surface area contributed by atoms with Crippen LogP contribution in [-0.2, 0) is 17.4 Å². The smallest absolute Gasteiger partial charge is 0.400 e. The highest BCUT2D eigenvalue weighted by Gasteiger charge is 2.41. The lowest BCUT2D eigenvalue weighted by Gasteiger charge is -2.23. The molecule has 0 aromatic carbocycles. The molecule has 0 aromatic rings. The van der Waals surface area contributed by atoms with Gasteiger partial charge in [-0.2, -0.15) is 0 Å². The van der Waals surface area contributed by atoms with Crippen LogP contribution in [-0.4, -0.2) is 40.1 Å². The van der Waals surface area contributed by atoms with Gasteiger partial charge in [-0.1, -0.05) is 96.8 Å². The second kappa shape index (κ2) is 19.0. The number of unbranched alkanes of at least 4 members (excludes halogenated alkanes) is 13. The lowest BCUT2D eigenvalue weighted by atomic mass is 10.0. The van der Waals surface area contributed by atoms with Gasteiger partial charge in [-0.05, 0) is 6.04 Å². The van der Waals surface area contributed by atoms with E-state index in [0.717, 1.165) is 0 Å². The quantitative estimate of drug-likeness (QED) is 0.206. The summed E-state index contributed by atoms with van der Waals surface area (Å²) >= 11 is 0. The minimum atomic E-state index is -2.76. The summed E-state index contributed by atoms with van der Waals surface area (Å²) in [5, 5.41) is 0. The molecule has 0 aliphatic rings. The summed E-state index contributed by atoms with van der Waals surface area (Å²) in [4.78, 5) is 0. The Hall–Kier alpha value is 0.274. The standard InChI is InChI=1S/C19H44O4Si2/c1-5-6-7-8-9-10-11-12-13-14-15-16-17-18-19-24-23-25(20-2,21-3)22-4/h5-19,24H2,1-4H3. The molecule has 152 valence electrons. The van der Waals surface area contributed by atoms with Crippen LogP contribution < -0.4 is 0 Å². The van der Waals surface area contributed by atoms with Gasteiger partial charge in [0.15, 0.2) is 9.76 Å². The van der Waals surface area contributed by atoms with Gasteiger partial charge in [0, 0.05) is 21.3 Å². The van der Waals surface area contributed by atoms with Crippen molar-refractivity contribution >= 4 is 18.8 Å². The Balaban J connectivity index is 3.21. The van der Waals surface area contributed by atoms with Gasteiger partial charge in [-0.25, -0.2) is 0 Å². The Morgan fingerprint density at radius 2 is 0.920 bits per heavy atom. The predicted molar refractivity (Wildman–Crippen MR) is 112 cm³/mol. The third-order valence-corrected chi connectivity index (χ3v) is 9.30. The van der Waals surface area contributed by atoms with Crippen LogP contribution in [0.2, 0.25) is 6.04 Å². The maximum atomic E-state index is 5.80. The molecular formula is C19H44O4Si2. The first-order valence-electron chi connectivity index (χ1n) is 10.5. The molecular weight excluding hydrogens is 348 g/mol. The van der Waals surface area contributed by atoms with Crippen LogP contribution >= 0.6 is 0 Å². The summed E-state index contributed by atoms with van der Waals surface area (Å²) in [5.41, 5.74) is 0. The fraction of sp³-hybridized carbons (Fsp3) is 1.00. The molecule has 0 spiro atoms. The Morgan fingerprint density at radius 3 is 1.28 bits per heavy atom. The SMILES string of the molecule is CCCCCCCCCCCCCCCC[SiH2]O[Si](OC)(OC)OC. The maximum Gasteiger partial charge on any atom is 0.667 e. The molecule has 0 bridgehead atoms. The minimum absolute atomic E-state index is 0.601. The molecule has 0 amide bonds. The van der Waals surface area contributed by atoms with Gasteiger partial charge in [0.05, 0.1) is 0 Å². The highest BCUT2D eigenvalue weighted by atomic mass is 28.4. The van der Waals surface area contributed by atoms with Crippen molar-refractivity contribution in [3.63, 3.8) is 0 Å². The Kier molecular flexibility index (Phi) is 19.3. The topological polar surface area (TPSA) is 36.9 Å². The molecule has 4 nitrogen and oxygen atoms in total. The number of hydrogen-bond acceptors (Lipinski definition) is 4. The van der Waals surface area contributed by atoms with Crippen LogP contribution in [0.25, 0.3) is 0 Å². The summed E-state index contributed by atoms with van der Waals surface area (Å²) in [7, 11) is 1.43. The van der Waals surface area contributed by atoms with Gasteiger partial charge in [0.25, 0.3) is 0 Å².